The number of allylic oxidation sites excluding steroid dienone is 1. The molecule has 0 heterocycles. The minimum atomic E-state index is -3.31. The van der Waals surface area contributed by atoms with E-state index in [0.29, 0.717) is 17.1 Å². The summed E-state index contributed by atoms with van der Waals surface area (Å²) >= 11 is 6.12. The molecule has 94 valence electrons. The quantitative estimate of drug-likeness (QED) is 0.892. The maximum absolute atomic E-state index is 11.6. The molecule has 1 rings (SSSR count). The Balaban J connectivity index is 3.09. The zero-order valence-electron chi connectivity index (χ0n) is 9.96. The fraction of sp³-hybridized carbons (Fsp3) is 0.333. The molecule has 0 bridgehead atoms. The number of halogens is 1. The molecule has 1 aromatic carbocycles. The lowest BCUT2D eigenvalue weighted by molar-refractivity contribution is 0.600. The van der Waals surface area contributed by atoms with Crippen LogP contribution in [0.2, 0.25) is 5.02 Å². The van der Waals surface area contributed by atoms with Gasteiger partial charge in [-0.05, 0) is 30.5 Å². The summed E-state index contributed by atoms with van der Waals surface area (Å²) in [7, 11) is -3.31. The van der Waals surface area contributed by atoms with Crippen molar-refractivity contribution in [2.45, 2.75) is 20.3 Å². The summed E-state index contributed by atoms with van der Waals surface area (Å²) in [5.74, 6) is 0.0840. The number of hydrogen-bond acceptors (Lipinski definition) is 2. The van der Waals surface area contributed by atoms with Crippen LogP contribution < -0.4 is 4.72 Å². The number of hydrogen-bond donors (Lipinski definition) is 1. The molecule has 0 saturated heterocycles. The van der Waals surface area contributed by atoms with Gasteiger partial charge in [-0.1, -0.05) is 37.2 Å². The molecule has 0 amide bonds. The van der Waals surface area contributed by atoms with E-state index in [1.807, 2.05) is 19.9 Å². The zero-order chi connectivity index (χ0) is 13.1. The van der Waals surface area contributed by atoms with Gasteiger partial charge < -0.3 is 0 Å². The maximum Gasteiger partial charge on any atom is 0.232 e. The summed E-state index contributed by atoms with van der Waals surface area (Å²) in [5.41, 5.74) is 1.95. The van der Waals surface area contributed by atoms with E-state index in [-0.39, 0.29) is 5.75 Å². The van der Waals surface area contributed by atoms with Crippen LogP contribution in [-0.4, -0.2) is 14.2 Å². The molecule has 0 aliphatic heterocycles. The second-order valence-corrected chi connectivity index (χ2v) is 6.09. The van der Waals surface area contributed by atoms with Crippen molar-refractivity contribution < 1.29 is 8.42 Å². The predicted molar refractivity (Wildman–Crippen MR) is 73.9 cm³/mol. The molecule has 3 nitrogen and oxygen atoms in total. The van der Waals surface area contributed by atoms with Gasteiger partial charge >= 0.3 is 0 Å². The Hall–Kier alpha value is -1.00. The van der Waals surface area contributed by atoms with Gasteiger partial charge in [-0.3, -0.25) is 4.72 Å². The Bertz CT molecular complexity index is 523. The van der Waals surface area contributed by atoms with Crippen LogP contribution in [0.4, 0.5) is 5.69 Å². The van der Waals surface area contributed by atoms with Crippen LogP contribution in [0, 0.1) is 0 Å². The highest BCUT2D eigenvalue weighted by atomic mass is 35.5. The van der Waals surface area contributed by atoms with E-state index in [4.69, 9.17) is 11.6 Å². The van der Waals surface area contributed by atoms with Crippen LogP contribution in [0.15, 0.2) is 24.8 Å². The second kappa shape index (κ2) is 5.56. The second-order valence-electron chi connectivity index (χ2n) is 3.87. The molecule has 1 N–H and O–H groups in total. The van der Waals surface area contributed by atoms with Gasteiger partial charge in [0.2, 0.25) is 10.0 Å². The Morgan fingerprint density at radius 2 is 2.12 bits per heavy atom. The Labute approximate surface area is 108 Å². The lowest BCUT2D eigenvalue weighted by atomic mass is 10.1. The Kier molecular flexibility index (Phi) is 4.60. The van der Waals surface area contributed by atoms with Crippen molar-refractivity contribution in [1.29, 1.82) is 0 Å². The predicted octanol–water partition coefficient (Wildman–Crippen LogP) is 3.52. The van der Waals surface area contributed by atoms with E-state index in [2.05, 4.69) is 11.3 Å². The van der Waals surface area contributed by atoms with Crippen molar-refractivity contribution in [1.82, 2.24) is 0 Å². The highest BCUT2D eigenvalue weighted by Gasteiger charge is 2.13. The third kappa shape index (κ3) is 3.75. The number of rotatable bonds is 5. The molecule has 5 heteroatoms. The summed E-state index contributed by atoms with van der Waals surface area (Å²) in [4.78, 5) is 0. The van der Waals surface area contributed by atoms with Crippen molar-refractivity contribution in [2.24, 2.45) is 0 Å². The summed E-state index contributed by atoms with van der Waals surface area (Å²) in [6.45, 7) is 7.43. The number of benzene rings is 1. The molecule has 17 heavy (non-hydrogen) atoms. The summed E-state index contributed by atoms with van der Waals surface area (Å²) in [6.07, 6.45) is 0.563. The van der Waals surface area contributed by atoms with Gasteiger partial charge in [0.1, 0.15) is 0 Å². The van der Waals surface area contributed by atoms with E-state index in [1.165, 1.54) is 0 Å². The number of nitrogens with one attached hydrogen (secondary N) is 1. The van der Waals surface area contributed by atoms with Crippen molar-refractivity contribution in [2.75, 3.05) is 10.5 Å². The van der Waals surface area contributed by atoms with E-state index in [0.717, 1.165) is 11.1 Å². The summed E-state index contributed by atoms with van der Waals surface area (Å²) < 4.78 is 25.8. The standard InChI is InChI=1S/C12H16ClNO2S/c1-4-8-17(15,16)14-11-7-5-6-10(9(2)3)12(11)13/h5-7,14H,2,4,8H2,1,3H3. The molecule has 0 radical (unpaired) electrons. The first-order valence-electron chi connectivity index (χ1n) is 5.32. The van der Waals surface area contributed by atoms with Crippen molar-refractivity contribution in [3.63, 3.8) is 0 Å². The average molecular weight is 274 g/mol. The number of anilines is 1. The largest absolute Gasteiger partial charge is 0.282 e. The Morgan fingerprint density at radius 3 is 2.65 bits per heavy atom. The lowest BCUT2D eigenvalue weighted by Gasteiger charge is -2.11. The molecule has 0 aliphatic rings. The topological polar surface area (TPSA) is 46.2 Å². The normalized spacial score (nSPS) is 11.2. The fourth-order valence-electron chi connectivity index (χ4n) is 1.43. The maximum atomic E-state index is 11.6. The monoisotopic (exact) mass is 273 g/mol. The summed E-state index contributed by atoms with van der Waals surface area (Å²) in [5, 5.41) is 0.389. The summed E-state index contributed by atoms with van der Waals surface area (Å²) in [6, 6.07) is 5.20. The van der Waals surface area contributed by atoms with Crippen LogP contribution in [0.3, 0.4) is 0 Å². The molecule has 0 fully saturated rings. The third-order valence-corrected chi connectivity index (χ3v) is 4.08. The first-order chi connectivity index (χ1) is 7.87. The SMILES string of the molecule is C=C(C)c1cccc(NS(=O)(=O)CCC)c1Cl. The van der Waals surface area contributed by atoms with Crippen molar-refractivity contribution >= 4 is 32.9 Å². The van der Waals surface area contributed by atoms with Gasteiger partial charge in [0.05, 0.1) is 16.5 Å². The molecule has 1 aromatic rings. The van der Waals surface area contributed by atoms with Gasteiger partial charge in [-0.2, -0.15) is 0 Å². The highest BCUT2D eigenvalue weighted by Crippen LogP contribution is 2.30. The van der Waals surface area contributed by atoms with Crippen molar-refractivity contribution in [3.8, 4) is 0 Å². The number of sulfonamides is 1. The van der Waals surface area contributed by atoms with E-state index in [1.54, 1.807) is 12.1 Å². The Morgan fingerprint density at radius 1 is 1.47 bits per heavy atom. The van der Waals surface area contributed by atoms with Gasteiger partial charge in [-0.25, -0.2) is 8.42 Å². The zero-order valence-corrected chi connectivity index (χ0v) is 11.5. The van der Waals surface area contributed by atoms with Crippen LogP contribution >= 0.6 is 11.6 Å². The molecule has 0 saturated carbocycles. The molecular formula is C12H16ClNO2S. The minimum Gasteiger partial charge on any atom is -0.282 e. The van der Waals surface area contributed by atoms with Gasteiger partial charge in [-0.15, -0.1) is 0 Å². The third-order valence-electron chi connectivity index (χ3n) is 2.20. The fourth-order valence-corrected chi connectivity index (χ4v) is 2.96. The molecule has 0 aromatic heterocycles. The smallest absolute Gasteiger partial charge is 0.232 e. The van der Waals surface area contributed by atoms with Crippen molar-refractivity contribution in [3.05, 3.63) is 35.4 Å². The van der Waals surface area contributed by atoms with Crippen LogP contribution in [0.1, 0.15) is 25.8 Å². The minimum absolute atomic E-state index is 0.0840. The van der Waals surface area contributed by atoms with Gasteiger partial charge in [0.15, 0.2) is 0 Å². The van der Waals surface area contributed by atoms with Gasteiger partial charge in [0, 0.05) is 0 Å². The van der Waals surface area contributed by atoms with Crippen LogP contribution in [-0.2, 0) is 10.0 Å². The lowest BCUT2D eigenvalue weighted by Crippen LogP contribution is -2.16. The molecule has 0 atom stereocenters. The first kappa shape index (κ1) is 14.1. The molecule has 0 aliphatic carbocycles. The van der Waals surface area contributed by atoms with E-state index in [9.17, 15) is 8.42 Å². The van der Waals surface area contributed by atoms with E-state index >= 15 is 0 Å². The first-order valence-corrected chi connectivity index (χ1v) is 7.35. The van der Waals surface area contributed by atoms with Crippen LogP contribution in [0.25, 0.3) is 5.57 Å². The molecular weight excluding hydrogens is 258 g/mol. The molecule has 0 spiro atoms. The van der Waals surface area contributed by atoms with Gasteiger partial charge in [0.25, 0.3) is 0 Å². The molecule has 0 unspecified atom stereocenters. The van der Waals surface area contributed by atoms with E-state index < -0.39 is 10.0 Å². The van der Waals surface area contributed by atoms with Crippen LogP contribution in [0.5, 0.6) is 0 Å². The highest BCUT2D eigenvalue weighted by molar-refractivity contribution is 7.92. The average Bonchev–Trinajstić information content (AvgIpc) is 2.20.